The number of carbonyl (C=O) groups excluding carboxylic acids is 2. The van der Waals surface area contributed by atoms with Crippen molar-refractivity contribution < 1.29 is 9.59 Å². The number of Topliss-reactive ketones (excluding diaryl/α,β-unsaturated/α-hetero) is 1. The first kappa shape index (κ1) is 16.3. The summed E-state index contributed by atoms with van der Waals surface area (Å²) in [5.74, 6) is -1.11. The monoisotopic (exact) mass is 309 g/mol. The molecule has 0 amide bonds. The lowest BCUT2D eigenvalue weighted by atomic mass is 10.1. The highest BCUT2D eigenvalue weighted by molar-refractivity contribution is 9.10. The maximum atomic E-state index is 11.6. The molecule has 96 valence electrons. The Labute approximate surface area is 116 Å². The van der Waals surface area contributed by atoms with Crippen molar-refractivity contribution in [1.29, 1.82) is 0 Å². The smallest absolute Gasteiger partial charge is 0.232 e. The van der Waals surface area contributed by atoms with Crippen molar-refractivity contribution in [3.05, 3.63) is 59.4 Å². The van der Waals surface area contributed by atoms with Gasteiger partial charge in [0.25, 0.3) is 0 Å². The van der Waals surface area contributed by atoms with Gasteiger partial charge in [-0.1, -0.05) is 48.5 Å². The van der Waals surface area contributed by atoms with Gasteiger partial charge < -0.3 is 5.32 Å². The Kier molecular flexibility index (Phi) is 8.49. The Morgan fingerprint density at radius 1 is 1.33 bits per heavy atom. The average Bonchev–Trinajstić information content (AvgIpc) is 2.40. The Morgan fingerprint density at radius 3 is 2.56 bits per heavy atom. The third-order valence-corrected chi connectivity index (χ3v) is 2.25. The van der Waals surface area contributed by atoms with E-state index in [9.17, 15) is 9.59 Å². The minimum absolute atomic E-state index is 0.364. The van der Waals surface area contributed by atoms with Crippen molar-refractivity contribution in [3.63, 3.8) is 0 Å². The van der Waals surface area contributed by atoms with Gasteiger partial charge in [-0.15, -0.1) is 0 Å². The zero-order valence-electron chi connectivity index (χ0n) is 10.4. The Bertz CT molecular complexity index is 453. The molecule has 1 N–H and O–H groups in total. The summed E-state index contributed by atoms with van der Waals surface area (Å²) in [7, 11) is 0. The molecule has 0 saturated heterocycles. The molecule has 0 aliphatic rings. The number of ketones is 2. The van der Waals surface area contributed by atoms with Crippen LogP contribution in [0.3, 0.4) is 0 Å². The standard InChI is InChI=1S/C12H10BrNO2.C2H6/c1-2-14-7-6-11(15)12(16)9-4-3-5-10(13)8-9;1-2/h2-8,14H,1H2;1-2H3/b7-6+;. The summed E-state index contributed by atoms with van der Waals surface area (Å²) < 4.78 is 0.763. The quantitative estimate of drug-likeness (QED) is 0.514. The number of nitrogens with one attached hydrogen (secondary N) is 1. The van der Waals surface area contributed by atoms with Gasteiger partial charge in [0.05, 0.1) is 0 Å². The molecular weight excluding hydrogens is 294 g/mol. The number of benzene rings is 1. The molecule has 1 aromatic rings. The molecular formula is C14H16BrNO2. The molecule has 0 aliphatic heterocycles. The Balaban J connectivity index is 0.00000137. The lowest BCUT2D eigenvalue weighted by molar-refractivity contribution is -0.110. The lowest BCUT2D eigenvalue weighted by Crippen LogP contribution is -2.12. The lowest BCUT2D eigenvalue weighted by Gasteiger charge is -1.97. The predicted molar refractivity (Wildman–Crippen MR) is 77.3 cm³/mol. The fourth-order valence-corrected chi connectivity index (χ4v) is 1.44. The van der Waals surface area contributed by atoms with Crippen LogP contribution in [0.1, 0.15) is 24.2 Å². The van der Waals surface area contributed by atoms with Crippen LogP contribution in [-0.2, 0) is 4.79 Å². The fraction of sp³-hybridized carbons (Fsp3) is 0.143. The number of hydrogen-bond donors (Lipinski definition) is 1. The molecule has 0 heterocycles. The summed E-state index contributed by atoms with van der Waals surface area (Å²) in [6.07, 6.45) is 3.95. The highest BCUT2D eigenvalue weighted by Crippen LogP contribution is 2.12. The molecule has 0 saturated carbocycles. The zero-order valence-corrected chi connectivity index (χ0v) is 12.0. The number of rotatable bonds is 5. The molecule has 0 aliphatic carbocycles. The minimum Gasteiger partial charge on any atom is -0.368 e. The largest absolute Gasteiger partial charge is 0.368 e. The van der Waals surface area contributed by atoms with Crippen molar-refractivity contribution in [2.24, 2.45) is 0 Å². The third-order valence-electron chi connectivity index (χ3n) is 1.76. The molecule has 0 unspecified atom stereocenters. The van der Waals surface area contributed by atoms with Crippen LogP contribution < -0.4 is 5.32 Å². The summed E-state index contributed by atoms with van der Waals surface area (Å²) >= 11 is 3.24. The van der Waals surface area contributed by atoms with E-state index in [0.29, 0.717) is 5.56 Å². The first-order chi connectivity index (χ1) is 8.65. The topological polar surface area (TPSA) is 46.2 Å². The molecule has 0 bridgehead atoms. The van der Waals surface area contributed by atoms with Crippen LogP contribution in [0.5, 0.6) is 0 Å². The number of carbonyl (C=O) groups is 2. The van der Waals surface area contributed by atoms with E-state index in [1.807, 2.05) is 13.8 Å². The number of hydrogen-bond acceptors (Lipinski definition) is 3. The van der Waals surface area contributed by atoms with Gasteiger partial charge in [-0.05, 0) is 18.3 Å². The maximum Gasteiger partial charge on any atom is 0.232 e. The molecule has 18 heavy (non-hydrogen) atoms. The second kappa shape index (κ2) is 9.36. The first-order valence-electron chi connectivity index (χ1n) is 5.53. The van der Waals surface area contributed by atoms with Crippen LogP contribution in [-0.4, -0.2) is 11.6 Å². The van der Waals surface area contributed by atoms with Gasteiger partial charge in [-0.3, -0.25) is 9.59 Å². The van der Waals surface area contributed by atoms with Crippen LogP contribution in [0.25, 0.3) is 0 Å². The first-order valence-corrected chi connectivity index (χ1v) is 6.32. The Morgan fingerprint density at radius 2 is 2.00 bits per heavy atom. The van der Waals surface area contributed by atoms with Crippen molar-refractivity contribution in [2.45, 2.75) is 13.8 Å². The van der Waals surface area contributed by atoms with Gasteiger partial charge >= 0.3 is 0 Å². The molecule has 0 radical (unpaired) electrons. The van der Waals surface area contributed by atoms with Gasteiger partial charge in [0.1, 0.15) is 0 Å². The van der Waals surface area contributed by atoms with Gasteiger partial charge in [0.2, 0.25) is 11.6 Å². The molecule has 1 rings (SSSR count). The molecule has 0 aromatic heterocycles. The molecule has 0 fully saturated rings. The van der Waals surface area contributed by atoms with Crippen molar-refractivity contribution in [2.75, 3.05) is 0 Å². The molecule has 0 atom stereocenters. The second-order valence-electron chi connectivity index (χ2n) is 2.91. The highest BCUT2D eigenvalue weighted by atomic mass is 79.9. The SMILES string of the molecule is C=CN/C=C/C(=O)C(=O)c1cccc(Br)c1.CC. The van der Waals surface area contributed by atoms with E-state index < -0.39 is 11.6 Å². The van der Waals surface area contributed by atoms with Crippen molar-refractivity contribution in [3.8, 4) is 0 Å². The van der Waals surface area contributed by atoms with Crippen molar-refractivity contribution >= 4 is 27.5 Å². The van der Waals surface area contributed by atoms with Crippen LogP contribution in [0.4, 0.5) is 0 Å². The van der Waals surface area contributed by atoms with E-state index in [1.165, 1.54) is 18.5 Å². The zero-order chi connectivity index (χ0) is 14.0. The maximum absolute atomic E-state index is 11.6. The Hall–Kier alpha value is -1.68. The molecule has 0 spiro atoms. The second-order valence-corrected chi connectivity index (χ2v) is 3.82. The predicted octanol–water partition coefficient (Wildman–Crippen LogP) is 3.47. The van der Waals surface area contributed by atoms with Crippen LogP contribution in [0.15, 0.2) is 53.8 Å². The number of halogens is 1. The van der Waals surface area contributed by atoms with Gasteiger partial charge in [-0.2, -0.15) is 0 Å². The van der Waals surface area contributed by atoms with E-state index >= 15 is 0 Å². The summed E-state index contributed by atoms with van der Waals surface area (Å²) in [5.41, 5.74) is 0.364. The van der Waals surface area contributed by atoms with Crippen molar-refractivity contribution in [1.82, 2.24) is 5.32 Å². The summed E-state index contributed by atoms with van der Waals surface area (Å²) in [5, 5.41) is 2.60. The number of allylic oxidation sites excluding steroid dienone is 1. The van der Waals surface area contributed by atoms with Gasteiger partial charge in [0, 0.05) is 22.3 Å². The van der Waals surface area contributed by atoms with E-state index in [2.05, 4.69) is 27.8 Å². The summed E-state index contributed by atoms with van der Waals surface area (Å²) in [4.78, 5) is 23.0. The van der Waals surface area contributed by atoms with Gasteiger partial charge in [0.15, 0.2) is 0 Å². The van der Waals surface area contributed by atoms with Gasteiger partial charge in [-0.25, -0.2) is 0 Å². The van der Waals surface area contributed by atoms with Crippen LogP contribution in [0.2, 0.25) is 0 Å². The molecule has 1 aromatic carbocycles. The van der Waals surface area contributed by atoms with Crippen LogP contribution >= 0.6 is 15.9 Å². The van der Waals surface area contributed by atoms with Crippen LogP contribution in [0, 0.1) is 0 Å². The van der Waals surface area contributed by atoms with E-state index in [0.717, 1.165) is 4.47 Å². The summed E-state index contributed by atoms with van der Waals surface area (Å²) in [6, 6.07) is 6.70. The fourth-order valence-electron chi connectivity index (χ4n) is 1.04. The van der Waals surface area contributed by atoms with E-state index in [-0.39, 0.29) is 0 Å². The molecule has 4 heteroatoms. The highest BCUT2D eigenvalue weighted by Gasteiger charge is 2.12. The average molecular weight is 310 g/mol. The van der Waals surface area contributed by atoms with E-state index in [4.69, 9.17) is 0 Å². The minimum atomic E-state index is -0.576. The molecule has 3 nitrogen and oxygen atoms in total. The third kappa shape index (κ3) is 5.59. The summed E-state index contributed by atoms with van der Waals surface area (Å²) in [6.45, 7) is 7.41. The van der Waals surface area contributed by atoms with E-state index in [1.54, 1.807) is 24.3 Å². The normalized spacial score (nSPS) is 9.28.